The molecule has 0 aliphatic carbocycles. The van der Waals surface area contributed by atoms with Crippen molar-refractivity contribution in [2.24, 2.45) is 5.92 Å². The van der Waals surface area contributed by atoms with Gasteiger partial charge in [-0.15, -0.1) is 0 Å². The summed E-state index contributed by atoms with van der Waals surface area (Å²) in [7, 11) is 2.07. The SMILES string of the molecule is C[CH]CC(=O)N1CCC(C)C(N(C)c2ncnc3[nH]ccc23)C1. The van der Waals surface area contributed by atoms with Gasteiger partial charge in [0, 0.05) is 32.8 Å². The summed E-state index contributed by atoms with van der Waals surface area (Å²) in [6, 6.07) is 2.27. The van der Waals surface area contributed by atoms with E-state index in [1.807, 2.05) is 30.5 Å². The first-order valence-electron chi connectivity index (χ1n) is 8.18. The summed E-state index contributed by atoms with van der Waals surface area (Å²) in [6.07, 6.45) is 6.93. The molecule has 123 valence electrons. The van der Waals surface area contributed by atoms with Gasteiger partial charge in [0.25, 0.3) is 0 Å². The quantitative estimate of drug-likeness (QED) is 0.940. The molecular formula is C17H24N5O. The zero-order valence-corrected chi connectivity index (χ0v) is 14.0. The van der Waals surface area contributed by atoms with Crippen molar-refractivity contribution in [2.75, 3.05) is 25.0 Å². The van der Waals surface area contributed by atoms with Crippen molar-refractivity contribution >= 4 is 22.8 Å². The summed E-state index contributed by atoms with van der Waals surface area (Å²) in [6.45, 7) is 5.78. The normalized spacial score (nSPS) is 21.6. The van der Waals surface area contributed by atoms with E-state index in [9.17, 15) is 4.79 Å². The van der Waals surface area contributed by atoms with Crippen LogP contribution >= 0.6 is 0 Å². The van der Waals surface area contributed by atoms with Crippen LogP contribution in [0.2, 0.25) is 0 Å². The van der Waals surface area contributed by atoms with Gasteiger partial charge in [0.1, 0.15) is 17.8 Å². The molecule has 1 fully saturated rings. The average molecular weight is 314 g/mol. The van der Waals surface area contributed by atoms with Crippen LogP contribution in [0.15, 0.2) is 18.6 Å². The van der Waals surface area contributed by atoms with Gasteiger partial charge in [-0.25, -0.2) is 9.97 Å². The Labute approximate surface area is 136 Å². The van der Waals surface area contributed by atoms with E-state index in [4.69, 9.17) is 0 Å². The maximum absolute atomic E-state index is 12.2. The van der Waals surface area contributed by atoms with Crippen LogP contribution < -0.4 is 4.90 Å². The van der Waals surface area contributed by atoms with Gasteiger partial charge >= 0.3 is 0 Å². The zero-order chi connectivity index (χ0) is 16.4. The number of H-pyrrole nitrogens is 1. The van der Waals surface area contributed by atoms with Crippen LogP contribution in [0.4, 0.5) is 5.82 Å². The zero-order valence-electron chi connectivity index (χ0n) is 14.0. The standard InChI is InChI=1S/C17H24N5O/c1-4-5-15(23)22-9-7-12(2)14(10-22)21(3)17-13-6-8-18-16(13)19-11-20-17/h4,6,8,11-12,14H,5,7,9-10H2,1-3H3,(H,18,19,20). The Kier molecular flexibility index (Phi) is 4.50. The van der Waals surface area contributed by atoms with E-state index in [0.29, 0.717) is 12.3 Å². The predicted octanol–water partition coefficient (Wildman–Crippen LogP) is 2.25. The van der Waals surface area contributed by atoms with Crippen LogP contribution in [0, 0.1) is 12.3 Å². The molecule has 1 aliphatic heterocycles. The largest absolute Gasteiger partial charge is 0.354 e. The van der Waals surface area contributed by atoms with Gasteiger partial charge in [-0.1, -0.05) is 13.8 Å². The molecule has 1 N–H and O–H groups in total. The Balaban J connectivity index is 1.83. The second-order valence-corrected chi connectivity index (χ2v) is 6.33. The molecule has 1 saturated heterocycles. The van der Waals surface area contributed by atoms with E-state index in [2.05, 4.69) is 33.8 Å². The highest BCUT2D eigenvalue weighted by Crippen LogP contribution is 2.28. The van der Waals surface area contributed by atoms with E-state index < -0.39 is 0 Å². The lowest BCUT2D eigenvalue weighted by Gasteiger charge is -2.42. The number of likely N-dealkylation sites (tertiary alicyclic amines) is 1. The maximum atomic E-state index is 12.2. The third-order valence-electron chi connectivity index (χ3n) is 4.81. The third kappa shape index (κ3) is 3.02. The first-order valence-corrected chi connectivity index (χ1v) is 8.18. The molecule has 1 aliphatic rings. The smallest absolute Gasteiger partial charge is 0.222 e. The Hall–Kier alpha value is -2.11. The number of carbonyl (C=O) groups is 1. The Morgan fingerprint density at radius 1 is 1.52 bits per heavy atom. The first-order chi connectivity index (χ1) is 11.1. The molecule has 3 heterocycles. The van der Waals surface area contributed by atoms with Gasteiger partial charge < -0.3 is 14.8 Å². The second kappa shape index (κ2) is 6.56. The number of anilines is 1. The maximum Gasteiger partial charge on any atom is 0.222 e. The number of nitrogens with one attached hydrogen (secondary N) is 1. The lowest BCUT2D eigenvalue weighted by molar-refractivity contribution is -0.132. The van der Waals surface area contributed by atoms with Gasteiger partial charge in [-0.2, -0.15) is 0 Å². The van der Waals surface area contributed by atoms with Crippen LogP contribution in [-0.4, -0.2) is 51.9 Å². The van der Waals surface area contributed by atoms with Gasteiger partial charge in [0.2, 0.25) is 5.91 Å². The lowest BCUT2D eigenvalue weighted by Crippen LogP contribution is -2.52. The van der Waals surface area contributed by atoms with Crippen molar-refractivity contribution in [3.63, 3.8) is 0 Å². The van der Waals surface area contributed by atoms with Crippen molar-refractivity contribution < 1.29 is 4.79 Å². The Bertz CT molecular complexity index is 682. The number of aromatic nitrogens is 3. The molecular weight excluding hydrogens is 290 g/mol. The van der Waals surface area contributed by atoms with Crippen molar-refractivity contribution in [1.29, 1.82) is 0 Å². The van der Waals surface area contributed by atoms with Gasteiger partial charge in [-0.3, -0.25) is 4.79 Å². The third-order valence-corrected chi connectivity index (χ3v) is 4.81. The molecule has 1 radical (unpaired) electrons. The highest BCUT2D eigenvalue weighted by Gasteiger charge is 2.32. The number of aromatic amines is 1. The number of rotatable bonds is 4. The van der Waals surface area contributed by atoms with Crippen LogP contribution in [0.3, 0.4) is 0 Å². The van der Waals surface area contributed by atoms with Crippen LogP contribution in [-0.2, 0) is 4.79 Å². The van der Waals surface area contributed by atoms with Crippen LogP contribution in [0.25, 0.3) is 11.0 Å². The molecule has 3 rings (SSSR count). The summed E-state index contributed by atoms with van der Waals surface area (Å²) in [5.74, 6) is 1.65. The minimum absolute atomic E-state index is 0.215. The Morgan fingerprint density at radius 3 is 3.13 bits per heavy atom. The molecule has 0 saturated carbocycles. The molecule has 2 atom stereocenters. The molecule has 1 amide bonds. The summed E-state index contributed by atoms with van der Waals surface area (Å²) in [5, 5.41) is 1.02. The molecule has 2 aromatic rings. The van der Waals surface area contributed by atoms with Gasteiger partial charge in [0.05, 0.1) is 11.4 Å². The summed E-state index contributed by atoms with van der Waals surface area (Å²) in [5.41, 5.74) is 0.846. The number of nitrogens with zero attached hydrogens (tertiary/aromatic N) is 4. The summed E-state index contributed by atoms with van der Waals surface area (Å²) < 4.78 is 0. The number of carbonyl (C=O) groups excluding carboxylic acids is 1. The summed E-state index contributed by atoms with van der Waals surface area (Å²) in [4.78, 5) is 28.3. The molecule has 0 aromatic carbocycles. The minimum atomic E-state index is 0.215. The molecule has 23 heavy (non-hydrogen) atoms. The van der Waals surface area contributed by atoms with Crippen LogP contribution in [0.1, 0.15) is 26.7 Å². The molecule has 2 aromatic heterocycles. The van der Waals surface area contributed by atoms with E-state index in [1.165, 1.54) is 0 Å². The number of amides is 1. The molecule has 0 spiro atoms. The van der Waals surface area contributed by atoms with Crippen LogP contribution in [0.5, 0.6) is 0 Å². The van der Waals surface area contributed by atoms with Gasteiger partial charge in [0.15, 0.2) is 0 Å². The summed E-state index contributed by atoms with van der Waals surface area (Å²) >= 11 is 0. The Morgan fingerprint density at radius 2 is 2.35 bits per heavy atom. The topological polar surface area (TPSA) is 65.1 Å². The van der Waals surface area contributed by atoms with E-state index in [-0.39, 0.29) is 11.9 Å². The van der Waals surface area contributed by atoms with E-state index in [1.54, 1.807) is 6.33 Å². The van der Waals surface area contributed by atoms with Crippen molar-refractivity contribution in [2.45, 2.75) is 32.7 Å². The van der Waals surface area contributed by atoms with E-state index in [0.717, 1.165) is 36.4 Å². The second-order valence-electron chi connectivity index (χ2n) is 6.33. The van der Waals surface area contributed by atoms with Crippen molar-refractivity contribution in [1.82, 2.24) is 19.9 Å². The first kappa shape index (κ1) is 15.8. The molecule has 6 heteroatoms. The monoisotopic (exact) mass is 314 g/mol. The number of likely N-dealkylation sites (N-methyl/N-ethyl adjacent to an activating group) is 1. The molecule has 6 nitrogen and oxygen atoms in total. The number of fused-ring (bicyclic) bond motifs is 1. The molecule has 0 bridgehead atoms. The number of hydrogen-bond acceptors (Lipinski definition) is 4. The number of hydrogen-bond donors (Lipinski definition) is 1. The lowest BCUT2D eigenvalue weighted by atomic mass is 9.92. The predicted molar refractivity (Wildman–Crippen MR) is 91.0 cm³/mol. The average Bonchev–Trinajstić information content (AvgIpc) is 3.03. The van der Waals surface area contributed by atoms with Crippen molar-refractivity contribution in [3.8, 4) is 0 Å². The highest BCUT2D eigenvalue weighted by atomic mass is 16.2. The fourth-order valence-electron chi connectivity index (χ4n) is 3.38. The van der Waals surface area contributed by atoms with Crippen molar-refractivity contribution in [3.05, 3.63) is 25.0 Å². The van der Waals surface area contributed by atoms with Gasteiger partial charge in [-0.05, 0) is 24.8 Å². The fourth-order valence-corrected chi connectivity index (χ4v) is 3.38. The highest BCUT2D eigenvalue weighted by molar-refractivity contribution is 5.87. The van der Waals surface area contributed by atoms with E-state index >= 15 is 0 Å². The molecule has 2 unspecified atom stereocenters. The fraction of sp³-hybridized carbons (Fsp3) is 0.529. The number of piperidine rings is 1. The minimum Gasteiger partial charge on any atom is -0.354 e.